The molecule has 0 bridgehead atoms. The Morgan fingerprint density at radius 2 is 1.72 bits per heavy atom. The molecule has 0 spiro atoms. The number of imidazole rings is 1. The molecule has 0 radical (unpaired) electrons. The van der Waals surface area contributed by atoms with Crippen LogP contribution in [0.2, 0.25) is 0 Å². The van der Waals surface area contributed by atoms with Gasteiger partial charge in [0.1, 0.15) is 12.3 Å². The predicted octanol–water partition coefficient (Wildman–Crippen LogP) is 4.01. The number of carbonyl (C=O) groups is 2. The molecule has 1 N–H and O–H groups in total. The van der Waals surface area contributed by atoms with E-state index in [1.165, 1.54) is 6.33 Å². The fraction of sp³-hybridized carbons (Fsp3) is 0.190. The summed E-state index contributed by atoms with van der Waals surface area (Å²) in [7, 11) is 0. The topological polar surface area (TPSA) is 90.7 Å². The lowest BCUT2D eigenvalue weighted by atomic mass is 10.0. The molecule has 29 heavy (non-hydrogen) atoms. The minimum absolute atomic E-state index is 0.162. The molecule has 0 aliphatic rings. The highest BCUT2D eigenvalue weighted by atomic mass is 79.9. The molecule has 7 nitrogen and oxygen atoms in total. The molecule has 0 saturated carbocycles. The van der Waals surface area contributed by atoms with E-state index >= 15 is 0 Å². The number of carboxylic acid groups (broad SMARTS) is 1. The van der Waals surface area contributed by atoms with Crippen LogP contribution in [0.3, 0.4) is 0 Å². The zero-order valence-corrected chi connectivity index (χ0v) is 17.3. The van der Waals surface area contributed by atoms with Gasteiger partial charge in [-0.05, 0) is 43.3 Å². The van der Waals surface area contributed by atoms with Crippen molar-refractivity contribution < 1.29 is 24.2 Å². The van der Waals surface area contributed by atoms with Gasteiger partial charge in [-0.15, -0.1) is 0 Å². The minimum Gasteiger partial charge on any atom is -0.482 e. The lowest BCUT2D eigenvalue weighted by molar-refractivity contribution is -0.145. The van der Waals surface area contributed by atoms with Crippen molar-refractivity contribution in [3.63, 3.8) is 0 Å². The monoisotopic (exact) mass is 458 g/mol. The van der Waals surface area contributed by atoms with E-state index in [0.717, 1.165) is 15.6 Å². The van der Waals surface area contributed by atoms with E-state index in [2.05, 4.69) is 20.9 Å². The molecule has 0 fully saturated rings. The Kier molecular flexibility index (Phi) is 6.66. The van der Waals surface area contributed by atoms with Crippen LogP contribution in [-0.4, -0.2) is 39.8 Å². The molecule has 3 rings (SSSR count). The standard InChI is InChI=1S/C21H19BrN2O5/c1-2-28-19(27)12-29-17-9-5-14(6-10-17)20-21(15-3-7-16(22)8-4-15)24(13-23-20)11-18(25)26/h3-10,13H,2,11-12H2,1H3,(H,25,26). The number of ether oxygens (including phenoxy) is 2. The Morgan fingerprint density at radius 3 is 2.34 bits per heavy atom. The lowest BCUT2D eigenvalue weighted by Gasteiger charge is -2.10. The predicted molar refractivity (Wildman–Crippen MR) is 111 cm³/mol. The van der Waals surface area contributed by atoms with Crippen LogP contribution >= 0.6 is 15.9 Å². The average molecular weight is 459 g/mol. The minimum atomic E-state index is -0.949. The van der Waals surface area contributed by atoms with Crippen molar-refractivity contribution in [3.05, 3.63) is 59.3 Å². The molecular weight excluding hydrogens is 440 g/mol. The van der Waals surface area contributed by atoms with Gasteiger partial charge in [0, 0.05) is 15.6 Å². The van der Waals surface area contributed by atoms with E-state index in [-0.39, 0.29) is 13.2 Å². The summed E-state index contributed by atoms with van der Waals surface area (Å²) in [6.45, 7) is 1.68. The van der Waals surface area contributed by atoms with Gasteiger partial charge in [0.25, 0.3) is 0 Å². The second-order valence-electron chi connectivity index (χ2n) is 6.09. The van der Waals surface area contributed by atoms with Crippen molar-refractivity contribution in [2.45, 2.75) is 13.5 Å². The summed E-state index contributed by atoms with van der Waals surface area (Å²) in [6, 6.07) is 14.7. The Hall–Kier alpha value is -3.13. The number of hydrogen-bond acceptors (Lipinski definition) is 5. The largest absolute Gasteiger partial charge is 0.482 e. The molecule has 0 saturated heterocycles. The molecule has 3 aromatic rings. The van der Waals surface area contributed by atoms with Crippen molar-refractivity contribution in [3.8, 4) is 28.3 Å². The van der Waals surface area contributed by atoms with Gasteiger partial charge in [0.15, 0.2) is 6.61 Å². The Bertz CT molecular complexity index is 997. The SMILES string of the molecule is CCOC(=O)COc1ccc(-c2ncn(CC(=O)O)c2-c2ccc(Br)cc2)cc1. The van der Waals surface area contributed by atoms with E-state index < -0.39 is 11.9 Å². The number of carboxylic acids is 1. The van der Waals surface area contributed by atoms with E-state index in [0.29, 0.717) is 23.7 Å². The highest BCUT2D eigenvalue weighted by Gasteiger charge is 2.17. The fourth-order valence-corrected chi connectivity index (χ4v) is 3.09. The van der Waals surface area contributed by atoms with Gasteiger partial charge in [-0.3, -0.25) is 4.79 Å². The number of aliphatic carboxylic acids is 1. The van der Waals surface area contributed by atoms with Crippen LogP contribution in [-0.2, 0) is 20.9 Å². The van der Waals surface area contributed by atoms with E-state index in [4.69, 9.17) is 9.47 Å². The van der Waals surface area contributed by atoms with Crippen LogP contribution < -0.4 is 4.74 Å². The van der Waals surface area contributed by atoms with E-state index in [9.17, 15) is 14.7 Å². The highest BCUT2D eigenvalue weighted by molar-refractivity contribution is 9.10. The number of hydrogen-bond donors (Lipinski definition) is 1. The van der Waals surface area contributed by atoms with Crippen LogP contribution in [0.4, 0.5) is 0 Å². The number of carbonyl (C=O) groups excluding carboxylic acids is 1. The molecule has 0 unspecified atom stereocenters. The Balaban J connectivity index is 1.90. The second kappa shape index (κ2) is 9.38. The van der Waals surface area contributed by atoms with Gasteiger partial charge in [-0.2, -0.15) is 0 Å². The Morgan fingerprint density at radius 1 is 1.07 bits per heavy atom. The summed E-state index contributed by atoms with van der Waals surface area (Å²) in [4.78, 5) is 27.1. The normalized spacial score (nSPS) is 10.6. The summed E-state index contributed by atoms with van der Waals surface area (Å²) in [5, 5.41) is 9.23. The fourth-order valence-electron chi connectivity index (χ4n) is 2.82. The van der Waals surface area contributed by atoms with Crippen molar-refractivity contribution >= 4 is 27.9 Å². The second-order valence-corrected chi connectivity index (χ2v) is 7.00. The first-order chi connectivity index (χ1) is 14.0. The van der Waals surface area contributed by atoms with Gasteiger partial charge >= 0.3 is 11.9 Å². The van der Waals surface area contributed by atoms with Gasteiger partial charge < -0.3 is 19.1 Å². The third-order valence-corrected chi connectivity index (χ3v) is 4.58. The van der Waals surface area contributed by atoms with Crippen LogP contribution in [0, 0.1) is 0 Å². The quantitative estimate of drug-likeness (QED) is 0.512. The lowest BCUT2D eigenvalue weighted by Crippen LogP contribution is -2.14. The summed E-state index contributed by atoms with van der Waals surface area (Å²) in [6.07, 6.45) is 1.52. The zero-order valence-electron chi connectivity index (χ0n) is 15.7. The molecule has 1 aromatic heterocycles. The number of esters is 1. The van der Waals surface area contributed by atoms with Crippen molar-refractivity contribution in [1.82, 2.24) is 9.55 Å². The maximum Gasteiger partial charge on any atom is 0.344 e. The van der Waals surface area contributed by atoms with E-state index in [1.54, 1.807) is 23.6 Å². The summed E-state index contributed by atoms with van der Waals surface area (Å²) >= 11 is 3.41. The van der Waals surface area contributed by atoms with E-state index in [1.807, 2.05) is 36.4 Å². The molecule has 0 atom stereocenters. The first kappa shape index (κ1) is 20.6. The van der Waals surface area contributed by atoms with Crippen molar-refractivity contribution in [2.75, 3.05) is 13.2 Å². The third-order valence-electron chi connectivity index (χ3n) is 4.05. The van der Waals surface area contributed by atoms with Crippen molar-refractivity contribution in [2.24, 2.45) is 0 Å². The van der Waals surface area contributed by atoms with Gasteiger partial charge in [-0.25, -0.2) is 9.78 Å². The number of rotatable bonds is 8. The number of aromatic nitrogens is 2. The van der Waals surface area contributed by atoms with Crippen LogP contribution in [0.15, 0.2) is 59.3 Å². The first-order valence-electron chi connectivity index (χ1n) is 8.89. The maximum absolute atomic E-state index is 11.4. The number of benzene rings is 2. The van der Waals surface area contributed by atoms with Crippen LogP contribution in [0.5, 0.6) is 5.75 Å². The number of nitrogens with zero attached hydrogens (tertiary/aromatic N) is 2. The molecule has 150 valence electrons. The zero-order chi connectivity index (χ0) is 20.8. The molecule has 0 aliphatic carbocycles. The first-order valence-corrected chi connectivity index (χ1v) is 9.69. The molecule has 0 aliphatic heterocycles. The number of halogens is 1. The van der Waals surface area contributed by atoms with Crippen LogP contribution in [0.25, 0.3) is 22.5 Å². The summed E-state index contributed by atoms with van der Waals surface area (Å²) in [5.74, 6) is -0.853. The summed E-state index contributed by atoms with van der Waals surface area (Å²) in [5.41, 5.74) is 3.02. The summed E-state index contributed by atoms with van der Waals surface area (Å²) < 4.78 is 12.8. The molecule has 2 aromatic carbocycles. The molecule has 1 heterocycles. The van der Waals surface area contributed by atoms with Gasteiger partial charge in [-0.1, -0.05) is 28.1 Å². The van der Waals surface area contributed by atoms with Gasteiger partial charge in [0.2, 0.25) is 0 Å². The maximum atomic E-state index is 11.4. The highest BCUT2D eigenvalue weighted by Crippen LogP contribution is 2.32. The smallest absolute Gasteiger partial charge is 0.344 e. The molecule has 0 amide bonds. The van der Waals surface area contributed by atoms with Crippen LogP contribution in [0.1, 0.15) is 6.92 Å². The van der Waals surface area contributed by atoms with Crippen molar-refractivity contribution in [1.29, 1.82) is 0 Å². The molecular formula is C21H19BrN2O5. The Labute approximate surface area is 176 Å². The van der Waals surface area contributed by atoms with Gasteiger partial charge in [0.05, 0.1) is 24.3 Å². The average Bonchev–Trinajstić information content (AvgIpc) is 3.10. The molecule has 8 heteroatoms. The third kappa shape index (κ3) is 5.23.